The maximum absolute atomic E-state index is 11.4. The molecule has 0 saturated carbocycles. The fourth-order valence-corrected chi connectivity index (χ4v) is 3.89. The molecule has 3 nitrogen and oxygen atoms in total. The van der Waals surface area contributed by atoms with Gasteiger partial charge >= 0.3 is 5.97 Å². The van der Waals surface area contributed by atoms with E-state index in [1.807, 2.05) is 6.07 Å². The van der Waals surface area contributed by atoms with Crippen LogP contribution >= 0.6 is 57.9 Å². The van der Waals surface area contributed by atoms with Gasteiger partial charge in [0.25, 0.3) is 0 Å². The zero-order chi connectivity index (χ0) is 14.0. The van der Waals surface area contributed by atoms with Crippen LogP contribution in [0.4, 0.5) is 0 Å². The van der Waals surface area contributed by atoms with Crippen molar-refractivity contribution in [3.8, 4) is 0 Å². The first-order valence-electron chi connectivity index (χ1n) is 4.89. The third-order valence-corrected chi connectivity index (χ3v) is 5.24. The number of methoxy groups -OCH3 is 1. The molecule has 0 atom stereocenters. The molecule has 0 spiro atoms. The molecule has 100 valence electrons. The second kappa shape index (κ2) is 6.33. The molecule has 0 bridgehead atoms. The van der Waals surface area contributed by atoms with Crippen molar-refractivity contribution >= 4 is 63.9 Å². The van der Waals surface area contributed by atoms with Crippen molar-refractivity contribution in [2.45, 2.75) is 9.24 Å². The molecule has 8 heteroatoms. The van der Waals surface area contributed by atoms with E-state index in [1.165, 1.54) is 30.2 Å². The summed E-state index contributed by atoms with van der Waals surface area (Å²) in [5.74, 6) is -0.497. The third kappa shape index (κ3) is 3.55. The Morgan fingerprint density at radius 1 is 1.32 bits per heavy atom. The van der Waals surface area contributed by atoms with E-state index in [9.17, 15) is 4.79 Å². The van der Waals surface area contributed by atoms with Gasteiger partial charge in [0.2, 0.25) is 0 Å². The van der Waals surface area contributed by atoms with Gasteiger partial charge in [0.15, 0.2) is 14.4 Å². The van der Waals surface area contributed by atoms with E-state index in [4.69, 9.17) is 34.8 Å². The fourth-order valence-electron chi connectivity index (χ4n) is 1.19. The monoisotopic (exact) mass is 353 g/mol. The van der Waals surface area contributed by atoms with Gasteiger partial charge in [-0.25, -0.2) is 9.78 Å². The van der Waals surface area contributed by atoms with Crippen LogP contribution in [0.1, 0.15) is 9.67 Å². The minimum atomic E-state index is -0.497. The molecule has 1 aromatic heterocycles. The van der Waals surface area contributed by atoms with Crippen LogP contribution in [0.25, 0.3) is 0 Å². The molecule has 0 fully saturated rings. The molecule has 1 aromatic carbocycles. The van der Waals surface area contributed by atoms with Crippen LogP contribution < -0.4 is 0 Å². The quantitative estimate of drug-likeness (QED) is 0.724. The predicted molar refractivity (Wildman–Crippen MR) is 79.0 cm³/mol. The van der Waals surface area contributed by atoms with Gasteiger partial charge in [-0.2, -0.15) is 0 Å². The Labute approximate surface area is 132 Å². The number of hydrogen-bond acceptors (Lipinski definition) is 5. The van der Waals surface area contributed by atoms with Crippen LogP contribution in [0, 0.1) is 0 Å². The van der Waals surface area contributed by atoms with Crippen molar-refractivity contribution in [3.63, 3.8) is 0 Å². The van der Waals surface area contributed by atoms with Crippen LogP contribution in [0.3, 0.4) is 0 Å². The van der Waals surface area contributed by atoms with Gasteiger partial charge in [0.05, 0.1) is 17.2 Å². The van der Waals surface area contributed by atoms with Crippen molar-refractivity contribution in [2.75, 3.05) is 7.11 Å². The number of hydrogen-bond donors (Lipinski definition) is 0. The zero-order valence-electron chi connectivity index (χ0n) is 9.45. The van der Waals surface area contributed by atoms with E-state index in [0.717, 1.165) is 4.90 Å². The lowest BCUT2D eigenvalue weighted by Crippen LogP contribution is -1.98. The van der Waals surface area contributed by atoms with Gasteiger partial charge < -0.3 is 4.74 Å². The Kier molecular flexibility index (Phi) is 4.97. The minimum absolute atomic E-state index is 0.138. The highest BCUT2D eigenvalue weighted by atomic mass is 35.5. The molecule has 19 heavy (non-hydrogen) atoms. The molecule has 0 radical (unpaired) electrons. The van der Waals surface area contributed by atoms with Gasteiger partial charge in [-0.1, -0.05) is 57.9 Å². The average molecular weight is 355 g/mol. The molecule has 0 aliphatic heterocycles. The number of carbonyl (C=O) groups is 1. The molecule has 0 aliphatic rings. The second-order valence-corrected chi connectivity index (χ2v) is 6.76. The summed E-state index contributed by atoms with van der Waals surface area (Å²) in [7, 11) is 1.30. The fraction of sp³-hybridized carbons (Fsp3) is 0.0909. The van der Waals surface area contributed by atoms with Crippen LogP contribution in [0.15, 0.2) is 27.4 Å². The number of halogens is 3. The van der Waals surface area contributed by atoms with Crippen molar-refractivity contribution in [2.24, 2.45) is 0 Å². The van der Waals surface area contributed by atoms with Crippen molar-refractivity contribution in [1.82, 2.24) is 4.98 Å². The number of carbonyl (C=O) groups excluding carboxylic acids is 1. The summed E-state index contributed by atoms with van der Waals surface area (Å²) < 4.78 is 5.24. The van der Waals surface area contributed by atoms with Gasteiger partial charge in [-0.05, 0) is 18.2 Å². The van der Waals surface area contributed by atoms with E-state index in [0.29, 0.717) is 14.4 Å². The summed E-state index contributed by atoms with van der Waals surface area (Å²) in [6.45, 7) is 0. The van der Waals surface area contributed by atoms with Crippen LogP contribution in [-0.2, 0) is 4.74 Å². The Bertz CT molecular complexity index is 630. The lowest BCUT2D eigenvalue weighted by molar-refractivity contribution is 0.0606. The average Bonchev–Trinajstić information content (AvgIpc) is 2.74. The molecule has 0 amide bonds. The summed E-state index contributed by atoms with van der Waals surface area (Å²) >= 11 is 20.2. The highest BCUT2D eigenvalue weighted by molar-refractivity contribution is 8.01. The number of esters is 1. The Morgan fingerprint density at radius 2 is 2.05 bits per heavy atom. The van der Waals surface area contributed by atoms with E-state index in [-0.39, 0.29) is 10.0 Å². The molecular formula is C11H6Cl3NO2S2. The lowest BCUT2D eigenvalue weighted by Gasteiger charge is -1.99. The summed E-state index contributed by atoms with van der Waals surface area (Å²) in [5, 5.41) is 1.08. The molecule has 0 N–H and O–H groups in total. The molecule has 2 aromatic rings. The molecule has 0 unspecified atom stereocenters. The topological polar surface area (TPSA) is 39.2 Å². The number of nitrogens with zero attached hydrogens (tertiary/aromatic N) is 1. The van der Waals surface area contributed by atoms with E-state index < -0.39 is 5.97 Å². The lowest BCUT2D eigenvalue weighted by atomic mass is 10.4. The largest absolute Gasteiger partial charge is 0.465 e. The number of thiazole rings is 1. The van der Waals surface area contributed by atoms with E-state index in [1.54, 1.807) is 12.1 Å². The van der Waals surface area contributed by atoms with Gasteiger partial charge in [-0.15, -0.1) is 0 Å². The SMILES string of the molecule is COC(=O)c1sc(Sc2ccc(Cl)c(Cl)c2)nc1Cl. The van der Waals surface area contributed by atoms with E-state index in [2.05, 4.69) is 9.72 Å². The molecular weight excluding hydrogens is 349 g/mol. The van der Waals surface area contributed by atoms with Gasteiger partial charge in [-0.3, -0.25) is 0 Å². The second-order valence-electron chi connectivity index (χ2n) is 3.27. The maximum Gasteiger partial charge on any atom is 0.351 e. The number of aromatic nitrogens is 1. The number of benzene rings is 1. The van der Waals surface area contributed by atoms with Crippen molar-refractivity contribution < 1.29 is 9.53 Å². The first kappa shape index (κ1) is 14.9. The Hall–Kier alpha value is -0.460. The predicted octanol–water partition coefficient (Wildman–Crippen LogP) is 5.04. The maximum atomic E-state index is 11.4. The third-order valence-electron chi connectivity index (χ3n) is 2.03. The standard InChI is InChI=1S/C11H6Cl3NO2S2/c1-17-10(16)8-9(14)15-11(19-8)18-5-2-3-6(12)7(13)4-5/h2-4H,1H3. The summed E-state index contributed by atoms with van der Waals surface area (Å²) in [5.41, 5.74) is 0. The number of ether oxygens (including phenoxy) is 1. The summed E-state index contributed by atoms with van der Waals surface area (Å²) in [6.07, 6.45) is 0. The molecule has 2 rings (SSSR count). The first-order chi connectivity index (χ1) is 9.01. The van der Waals surface area contributed by atoms with Crippen LogP contribution in [0.5, 0.6) is 0 Å². The van der Waals surface area contributed by atoms with Gasteiger partial charge in [0, 0.05) is 4.90 Å². The normalized spacial score (nSPS) is 10.5. The summed E-state index contributed by atoms with van der Waals surface area (Å²) in [6, 6.07) is 5.23. The highest BCUT2D eigenvalue weighted by Gasteiger charge is 2.18. The summed E-state index contributed by atoms with van der Waals surface area (Å²) in [4.78, 5) is 16.7. The molecule has 0 aliphatic carbocycles. The van der Waals surface area contributed by atoms with E-state index >= 15 is 0 Å². The molecule has 0 saturated heterocycles. The van der Waals surface area contributed by atoms with Crippen molar-refractivity contribution in [1.29, 1.82) is 0 Å². The number of rotatable bonds is 3. The van der Waals surface area contributed by atoms with Crippen LogP contribution in [-0.4, -0.2) is 18.1 Å². The van der Waals surface area contributed by atoms with Crippen LogP contribution in [0.2, 0.25) is 15.2 Å². The smallest absolute Gasteiger partial charge is 0.351 e. The van der Waals surface area contributed by atoms with Gasteiger partial charge in [0.1, 0.15) is 0 Å². The Morgan fingerprint density at radius 3 is 2.68 bits per heavy atom. The molecule has 1 heterocycles. The van der Waals surface area contributed by atoms with Crippen molar-refractivity contribution in [3.05, 3.63) is 38.3 Å². The Balaban J connectivity index is 2.24. The first-order valence-corrected chi connectivity index (χ1v) is 7.65. The highest BCUT2D eigenvalue weighted by Crippen LogP contribution is 2.37. The minimum Gasteiger partial charge on any atom is -0.465 e. The zero-order valence-corrected chi connectivity index (χ0v) is 13.3.